The van der Waals surface area contributed by atoms with Crippen molar-refractivity contribution in [2.45, 2.75) is 57.9 Å². The monoisotopic (exact) mass is 227 g/mol. The van der Waals surface area contributed by atoms with Crippen LogP contribution in [0.15, 0.2) is 12.2 Å². The lowest BCUT2D eigenvalue weighted by molar-refractivity contribution is 0.379. The highest BCUT2D eigenvalue weighted by Crippen LogP contribution is 2.29. The van der Waals surface area contributed by atoms with Crippen molar-refractivity contribution < 1.29 is 0 Å². The maximum Gasteiger partial charge on any atom is 0.0759 e. The van der Waals surface area contributed by atoms with Gasteiger partial charge in [0.2, 0.25) is 0 Å². The summed E-state index contributed by atoms with van der Waals surface area (Å²) in [4.78, 5) is 2.43. The van der Waals surface area contributed by atoms with E-state index in [1.807, 2.05) is 0 Å². The van der Waals surface area contributed by atoms with E-state index >= 15 is 0 Å². The third-order valence-electron chi connectivity index (χ3n) is 3.87. The lowest BCUT2D eigenvalue weighted by atomic mass is 10.6. The average Bonchev–Trinajstić information content (AvgIpc) is 2.23. The van der Waals surface area contributed by atoms with Gasteiger partial charge in [-0.15, -0.1) is 0 Å². The van der Waals surface area contributed by atoms with Gasteiger partial charge in [-0.25, -0.2) is 0 Å². The minimum absolute atomic E-state index is 0.790. The van der Waals surface area contributed by atoms with E-state index in [1.54, 1.807) is 0 Å². The molecule has 0 aliphatic heterocycles. The Morgan fingerprint density at radius 3 is 2.20 bits per heavy atom. The molecule has 0 aliphatic carbocycles. The van der Waals surface area contributed by atoms with Gasteiger partial charge in [0.25, 0.3) is 0 Å². The van der Waals surface area contributed by atoms with Gasteiger partial charge in [-0.3, -0.25) is 0 Å². The normalized spacial score (nSPS) is 18.3. The molecule has 15 heavy (non-hydrogen) atoms. The summed E-state index contributed by atoms with van der Waals surface area (Å²) in [6.07, 6.45) is 5.95. The van der Waals surface area contributed by atoms with Crippen LogP contribution in [0.3, 0.4) is 0 Å². The third kappa shape index (κ3) is 4.11. The van der Waals surface area contributed by atoms with Crippen molar-refractivity contribution in [2.75, 3.05) is 14.1 Å². The predicted octanol–water partition coefficient (Wildman–Crippen LogP) is 3.93. The van der Waals surface area contributed by atoms with Gasteiger partial charge in [-0.05, 0) is 27.1 Å². The first-order chi connectivity index (χ1) is 7.04. The Kier molecular flexibility index (Phi) is 7.19. The van der Waals surface area contributed by atoms with Gasteiger partial charge in [0.05, 0.1) is 8.07 Å². The summed E-state index contributed by atoms with van der Waals surface area (Å²) in [6, 6.07) is 4.23. The minimum Gasteiger partial charge on any atom is -0.309 e. The number of hydrogen-bond acceptors (Lipinski definition) is 1. The summed E-state index contributed by atoms with van der Waals surface area (Å²) >= 11 is 0. The quantitative estimate of drug-likeness (QED) is 0.470. The Morgan fingerprint density at radius 2 is 1.87 bits per heavy atom. The van der Waals surface area contributed by atoms with Crippen LogP contribution in [0.2, 0.25) is 18.1 Å². The van der Waals surface area contributed by atoms with Gasteiger partial charge in [-0.1, -0.05) is 51.4 Å². The van der Waals surface area contributed by atoms with E-state index in [0.29, 0.717) is 0 Å². The summed E-state index contributed by atoms with van der Waals surface area (Å²) in [5.41, 5.74) is 0.790. The molecule has 2 atom stereocenters. The smallest absolute Gasteiger partial charge is 0.0759 e. The average molecular weight is 227 g/mol. The minimum atomic E-state index is -1.12. The topological polar surface area (TPSA) is 3.24 Å². The fourth-order valence-electron chi connectivity index (χ4n) is 2.50. The van der Waals surface area contributed by atoms with Gasteiger partial charge < -0.3 is 4.90 Å². The molecule has 0 aromatic carbocycles. The number of hydrogen-bond donors (Lipinski definition) is 0. The van der Waals surface area contributed by atoms with E-state index in [2.05, 4.69) is 58.8 Å². The second-order valence-corrected chi connectivity index (χ2v) is 10.1. The first-order valence-corrected chi connectivity index (χ1v) is 9.01. The molecule has 0 heterocycles. The molecule has 1 nitrogen and oxygen atoms in total. The Morgan fingerprint density at radius 1 is 1.27 bits per heavy atom. The van der Waals surface area contributed by atoms with Crippen molar-refractivity contribution in [1.29, 1.82) is 0 Å². The van der Waals surface area contributed by atoms with Crippen LogP contribution < -0.4 is 0 Å². The number of nitrogens with zero attached hydrogens (tertiary/aromatic N) is 1. The van der Waals surface area contributed by atoms with E-state index in [-0.39, 0.29) is 0 Å². The second kappa shape index (κ2) is 7.23. The van der Waals surface area contributed by atoms with E-state index in [9.17, 15) is 0 Å². The van der Waals surface area contributed by atoms with E-state index in [1.165, 1.54) is 24.6 Å². The van der Waals surface area contributed by atoms with Crippen LogP contribution in [0.5, 0.6) is 0 Å². The Bertz CT molecular complexity index is 189. The molecule has 0 amide bonds. The van der Waals surface area contributed by atoms with E-state index < -0.39 is 8.07 Å². The molecular formula is C13H29NSi. The highest BCUT2D eigenvalue weighted by molar-refractivity contribution is 6.81. The second-order valence-electron chi connectivity index (χ2n) is 4.88. The summed E-state index contributed by atoms with van der Waals surface area (Å²) < 4.78 is 0. The van der Waals surface area contributed by atoms with Gasteiger partial charge >= 0.3 is 0 Å². The summed E-state index contributed by atoms with van der Waals surface area (Å²) in [5.74, 6) is 0. The molecule has 0 aromatic heterocycles. The van der Waals surface area contributed by atoms with Gasteiger partial charge in [-0.2, -0.15) is 0 Å². The SMILES string of the molecule is C/C=C/C[Si](CC)(CCC)C(C)N(C)C. The maximum atomic E-state index is 2.43. The summed E-state index contributed by atoms with van der Waals surface area (Å²) in [5, 5.41) is 0. The third-order valence-corrected chi connectivity index (χ3v) is 10.1. The highest BCUT2D eigenvalue weighted by atomic mass is 28.3. The van der Waals surface area contributed by atoms with Crippen LogP contribution in [0.1, 0.15) is 34.1 Å². The standard InChI is InChI=1S/C13H29NSi/c1-7-10-12-15(9-3,11-8-2)13(4)14(5)6/h7,10,13H,8-9,11-12H2,1-6H3/b10-7+. The van der Waals surface area contributed by atoms with Crippen LogP contribution >= 0.6 is 0 Å². The molecule has 0 fully saturated rings. The van der Waals surface area contributed by atoms with Crippen LogP contribution in [0, 0.1) is 0 Å². The largest absolute Gasteiger partial charge is 0.309 e. The zero-order valence-electron chi connectivity index (χ0n) is 11.5. The first-order valence-electron chi connectivity index (χ1n) is 6.31. The van der Waals surface area contributed by atoms with Crippen LogP contribution in [-0.4, -0.2) is 32.7 Å². The highest BCUT2D eigenvalue weighted by Gasteiger charge is 2.35. The Balaban J connectivity index is 4.77. The molecule has 0 aliphatic rings. The summed E-state index contributed by atoms with van der Waals surface area (Å²) in [6.45, 7) is 9.29. The maximum absolute atomic E-state index is 2.43. The van der Waals surface area contributed by atoms with Crippen LogP contribution in [0.4, 0.5) is 0 Å². The fourth-order valence-corrected chi connectivity index (χ4v) is 7.49. The molecule has 0 spiro atoms. The van der Waals surface area contributed by atoms with Crippen LogP contribution in [0.25, 0.3) is 0 Å². The fraction of sp³-hybridized carbons (Fsp3) is 0.846. The van der Waals surface area contributed by atoms with Crippen molar-refractivity contribution in [1.82, 2.24) is 4.90 Å². The van der Waals surface area contributed by atoms with Crippen molar-refractivity contribution in [3.05, 3.63) is 12.2 Å². The predicted molar refractivity (Wildman–Crippen MR) is 74.1 cm³/mol. The van der Waals surface area contributed by atoms with E-state index in [4.69, 9.17) is 0 Å². The molecule has 0 saturated heterocycles. The lowest BCUT2D eigenvalue weighted by Crippen LogP contribution is -2.51. The molecule has 0 aromatic rings. The van der Waals surface area contributed by atoms with Crippen molar-refractivity contribution >= 4 is 8.07 Å². The Labute approximate surface area is 97.6 Å². The van der Waals surface area contributed by atoms with Gasteiger partial charge in [0.15, 0.2) is 0 Å². The molecular weight excluding hydrogens is 198 g/mol. The molecule has 0 rings (SSSR count). The zero-order chi connectivity index (χ0) is 11.9. The molecule has 2 heteroatoms. The van der Waals surface area contributed by atoms with Gasteiger partial charge in [0.1, 0.15) is 0 Å². The van der Waals surface area contributed by atoms with Gasteiger partial charge in [0, 0.05) is 5.67 Å². The molecule has 90 valence electrons. The number of allylic oxidation sites excluding steroid dienone is 2. The molecule has 2 unspecified atom stereocenters. The van der Waals surface area contributed by atoms with Crippen molar-refractivity contribution in [3.8, 4) is 0 Å². The Hall–Kier alpha value is -0.0831. The molecule has 0 saturated carbocycles. The summed E-state index contributed by atoms with van der Waals surface area (Å²) in [7, 11) is 3.34. The van der Waals surface area contributed by atoms with Crippen molar-refractivity contribution in [2.24, 2.45) is 0 Å². The zero-order valence-corrected chi connectivity index (χ0v) is 12.5. The number of rotatable bonds is 7. The van der Waals surface area contributed by atoms with Crippen LogP contribution in [-0.2, 0) is 0 Å². The molecule has 0 bridgehead atoms. The molecule has 0 radical (unpaired) electrons. The van der Waals surface area contributed by atoms with E-state index in [0.717, 1.165) is 5.67 Å². The first kappa shape index (κ1) is 14.9. The van der Waals surface area contributed by atoms with Crippen molar-refractivity contribution in [3.63, 3.8) is 0 Å². The lowest BCUT2D eigenvalue weighted by Gasteiger charge is -2.39. The molecule has 0 N–H and O–H groups in total.